The molecule has 5 nitrogen and oxygen atoms in total. The van der Waals surface area contributed by atoms with Gasteiger partial charge in [0, 0.05) is 50.4 Å². The maximum Gasteiger partial charge on any atom is 0.255 e. The molecule has 0 aliphatic carbocycles. The van der Waals surface area contributed by atoms with Gasteiger partial charge in [0.25, 0.3) is 5.91 Å². The Labute approximate surface area is 151 Å². The highest BCUT2D eigenvalue weighted by molar-refractivity contribution is 5.94. The van der Waals surface area contributed by atoms with Gasteiger partial charge in [-0.3, -0.25) is 9.59 Å². The molecule has 0 bridgehead atoms. The lowest BCUT2D eigenvalue weighted by molar-refractivity contribution is -0.128. The number of piperidine rings is 1. The Morgan fingerprint density at radius 1 is 1.23 bits per heavy atom. The third-order valence-corrected chi connectivity index (χ3v) is 5.62. The van der Waals surface area contributed by atoms with E-state index in [0.29, 0.717) is 38.2 Å². The summed E-state index contributed by atoms with van der Waals surface area (Å²) in [6, 6.07) is 8.20. The quantitative estimate of drug-likeness (QED) is 0.920. The van der Waals surface area contributed by atoms with Crippen molar-refractivity contribution in [3.8, 4) is 0 Å². The number of halogens is 1. The van der Waals surface area contributed by atoms with E-state index in [1.165, 1.54) is 12.1 Å². The topological polar surface area (TPSA) is 56.4 Å². The van der Waals surface area contributed by atoms with Crippen molar-refractivity contribution in [2.75, 3.05) is 19.6 Å². The number of rotatable bonds is 3. The molecule has 2 aromatic rings. The van der Waals surface area contributed by atoms with Crippen LogP contribution in [0.4, 0.5) is 4.39 Å². The van der Waals surface area contributed by atoms with Crippen molar-refractivity contribution in [1.29, 1.82) is 0 Å². The molecule has 3 heterocycles. The molecule has 1 N–H and O–H groups in total. The van der Waals surface area contributed by atoms with Crippen LogP contribution in [0.3, 0.4) is 0 Å². The summed E-state index contributed by atoms with van der Waals surface area (Å²) in [5.41, 5.74) is 1.44. The van der Waals surface area contributed by atoms with E-state index in [1.54, 1.807) is 24.5 Å². The normalized spacial score (nSPS) is 19.3. The first-order chi connectivity index (χ1) is 12.5. The number of hydrogen-bond acceptors (Lipinski definition) is 2. The van der Waals surface area contributed by atoms with Gasteiger partial charge >= 0.3 is 0 Å². The van der Waals surface area contributed by atoms with Gasteiger partial charge in [-0.05, 0) is 36.6 Å². The predicted molar refractivity (Wildman–Crippen MR) is 94.8 cm³/mol. The van der Waals surface area contributed by atoms with Crippen LogP contribution >= 0.6 is 0 Å². The SMILES string of the molecule is O=C1CC2(CCN(C(=O)c3cc[nH]c3)CC2)CN1Cc1cccc(F)c1. The second kappa shape index (κ2) is 6.59. The number of aromatic amines is 1. The minimum Gasteiger partial charge on any atom is -0.367 e. The molecule has 0 saturated carbocycles. The fraction of sp³-hybridized carbons (Fsp3) is 0.400. The Balaban J connectivity index is 1.38. The van der Waals surface area contributed by atoms with Gasteiger partial charge in [-0.25, -0.2) is 4.39 Å². The number of benzene rings is 1. The molecule has 2 fully saturated rings. The van der Waals surface area contributed by atoms with Crippen molar-refractivity contribution < 1.29 is 14.0 Å². The summed E-state index contributed by atoms with van der Waals surface area (Å²) in [4.78, 5) is 31.6. The molecule has 0 atom stereocenters. The van der Waals surface area contributed by atoms with Crippen LogP contribution in [0, 0.1) is 11.2 Å². The van der Waals surface area contributed by atoms with Crippen LogP contribution in [0.25, 0.3) is 0 Å². The van der Waals surface area contributed by atoms with Crippen LogP contribution in [0.15, 0.2) is 42.7 Å². The maximum absolute atomic E-state index is 13.4. The molecule has 2 amide bonds. The molecule has 26 heavy (non-hydrogen) atoms. The van der Waals surface area contributed by atoms with E-state index in [2.05, 4.69) is 4.98 Å². The van der Waals surface area contributed by atoms with E-state index >= 15 is 0 Å². The van der Waals surface area contributed by atoms with Crippen molar-refractivity contribution in [3.63, 3.8) is 0 Å². The maximum atomic E-state index is 13.4. The summed E-state index contributed by atoms with van der Waals surface area (Å²) in [5, 5.41) is 0. The Morgan fingerprint density at radius 2 is 2.04 bits per heavy atom. The Kier molecular flexibility index (Phi) is 4.26. The molecular weight excluding hydrogens is 333 g/mol. The molecule has 0 radical (unpaired) electrons. The number of H-pyrrole nitrogens is 1. The molecule has 136 valence electrons. The van der Waals surface area contributed by atoms with Gasteiger partial charge < -0.3 is 14.8 Å². The van der Waals surface area contributed by atoms with Crippen LogP contribution in [0.2, 0.25) is 0 Å². The molecule has 0 unspecified atom stereocenters. The van der Waals surface area contributed by atoms with Gasteiger partial charge in [-0.2, -0.15) is 0 Å². The summed E-state index contributed by atoms with van der Waals surface area (Å²) in [7, 11) is 0. The number of nitrogens with one attached hydrogen (secondary N) is 1. The number of carbonyl (C=O) groups excluding carboxylic acids is 2. The number of likely N-dealkylation sites (tertiary alicyclic amines) is 2. The molecule has 2 aliphatic heterocycles. The van der Waals surface area contributed by atoms with Crippen molar-refractivity contribution in [2.45, 2.75) is 25.8 Å². The minimum absolute atomic E-state index is 0.0436. The fourth-order valence-corrected chi connectivity index (χ4v) is 4.14. The van der Waals surface area contributed by atoms with Crippen molar-refractivity contribution in [1.82, 2.24) is 14.8 Å². The average molecular weight is 355 g/mol. The minimum atomic E-state index is -0.277. The van der Waals surface area contributed by atoms with Gasteiger partial charge in [-0.15, -0.1) is 0 Å². The molecule has 6 heteroatoms. The van der Waals surface area contributed by atoms with E-state index < -0.39 is 0 Å². The zero-order valence-corrected chi connectivity index (χ0v) is 14.6. The van der Waals surface area contributed by atoms with Gasteiger partial charge in [0.2, 0.25) is 5.91 Å². The zero-order chi connectivity index (χ0) is 18.1. The first-order valence-corrected chi connectivity index (χ1v) is 8.99. The lowest BCUT2D eigenvalue weighted by Gasteiger charge is -2.38. The Morgan fingerprint density at radius 3 is 2.73 bits per heavy atom. The summed E-state index contributed by atoms with van der Waals surface area (Å²) in [6.45, 7) is 2.48. The summed E-state index contributed by atoms with van der Waals surface area (Å²) in [6.07, 6.45) is 5.64. The summed E-state index contributed by atoms with van der Waals surface area (Å²) < 4.78 is 13.4. The number of aromatic nitrogens is 1. The summed E-state index contributed by atoms with van der Waals surface area (Å²) in [5.74, 6) is -0.109. The zero-order valence-electron chi connectivity index (χ0n) is 14.6. The van der Waals surface area contributed by atoms with Crippen LogP contribution < -0.4 is 0 Å². The molecular formula is C20H22FN3O2. The van der Waals surface area contributed by atoms with Crippen LogP contribution in [-0.4, -0.2) is 46.2 Å². The molecule has 2 saturated heterocycles. The first kappa shape index (κ1) is 16.8. The van der Waals surface area contributed by atoms with E-state index in [0.717, 1.165) is 18.4 Å². The lowest BCUT2D eigenvalue weighted by Crippen LogP contribution is -2.44. The Hall–Kier alpha value is -2.63. The van der Waals surface area contributed by atoms with Gasteiger partial charge in [0.15, 0.2) is 0 Å². The number of nitrogens with zero attached hydrogens (tertiary/aromatic N) is 2. The standard InChI is InChI=1S/C20H22FN3O2/c21-17-3-1-2-15(10-17)13-24-14-20(11-18(24)25)5-8-23(9-6-20)19(26)16-4-7-22-12-16/h1-4,7,10,12,22H,5-6,8-9,11,13-14H2. The van der Waals surface area contributed by atoms with Crippen LogP contribution in [-0.2, 0) is 11.3 Å². The van der Waals surface area contributed by atoms with Crippen LogP contribution in [0.5, 0.6) is 0 Å². The highest BCUT2D eigenvalue weighted by atomic mass is 19.1. The second-order valence-corrected chi connectivity index (χ2v) is 7.45. The van der Waals surface area contributed by atoms with Gasteiger partial charge in [-0.1, -0.05) is 12.1 Å². The van der Waals surface area contributed by atoms with Gasteiger partial charge in [0.1, 0.15) is 5.82 Å². The van der Waals surface area contributed by atoms with Crippen molar-refractivity contribution in [3.05, 3.63) is 59.7 Å². The third-order valence-electron chi connectivity index (χ3n) is 5.62. The van der Waals surface area contributed by atoms with E-state index in [9.17, 15) is 14.0 Å². The lowest BCUT2D eigenvalue weighted by atomic mass is 9.77. The predicted octanol–water partition coefficient (Wildman–Crippen LogP) is 2.81. The van der Waals surface area contributed by atoms with E-state index in [4.69, 9.17) is 0 Å². The molecule has 2 aliphatic rings. The largest absolute Gasteiger partial charge is 0.367 e. The first-order valence-electron chi connectivity index (χ1n) is 8.99. The number of amides is 2. The van der Waals surface area contributed by atoms with Crippen molar-refractivity contribution in [2.24, 2.45) is 5.41 Å². The average Bonchev–Trinajstić information content (AvgIpc) is 3.24. The summed E-state index contributed by atoms with van der Waals surface area (Å²) >= 11 is 0. The van der Waals surface area contributed by atoms with Gasteiger partial charge in [0.05, 0.1) is 5.56 Å². The second-order valence-electron chi connectivity index (χ2n) is 7.45. The van der Waals surface area contributed by atoms with E-state index in [-0.39, 0.29) is 23.0 Å². The fourth-order valence-electron chi connectivity index (χ4n) is 4.14. The number of hydrogen-bond donors (Lipinski definition) is 1. The Bertz CT molecular complexity index is 810. The third kappa shape index (κ3) is 3.23. The highest BCUT2D eigenvalue weighted by Gasteiger charge is 2.45. The molecule has 1 spiro atoms. The molecule has 1 aromatic carbocycles. The highest BCUT2D eigenvalue weighted by Crippen LogP contribution is 2.41. The van der Waals surface area contributed by atoms with Crippen LogP contribution in [0.1, 0.15) is 35.2 Å². The smallest absolute Gasteiger partial charge is 0.255 e. The monoisotopic (exact) mass is 355 g/mol. The molecule has 4 rings (SSSR count). The number of carbonyl (C=O) groups is 2. The van der Waals surface area contributed by atoms with Crippen molar-refractivity contribution >= 4 is 11.8 Å². The van der Waals surface area contributed by atoms with E-state index in [1.807, 2.05) is 15.9 Å². The molecule has 1 aromatic heterocycles.